The molecule has 2 rings (SSSR count). The van der Waals surface area contributed by atoms with Gasteiger partial charge < -0.3 is 11.1 Å². The van der Waals surface area contributed by atoms with E-state index in [-0.39, 0.29) is 6.04 Å². The van der Waals surface area contributed by atoms with E-state index in [1.54, 1.807) is 12.4 Å². The summed E-state index contributed by atoms with van der Waals surface area (Å²) in [4.78, 5) is 8.46. The predicted octanol–water partition coefficient (Wildman–Crippen LogP) is 1.77. The van der Waals surface area contributed by atoms with Crippen molar-refractivity contribution in [3.63, 3.8) is 0 Å². The maximum atomic E-state index is 5.78. The zero-order chi connectivity index (χ0) is 12.8. The molecule has 4 nitrogen and oxygen atoms in total. The molecule has 1 aromatic carbocycles. The highest BCUT2D eigenvalue weighted by Gasteiger charge is 2.08. The van der Waals surface area contributed by atoms with Gasteiger partial charge in [-0.15, -0.1) is 0 Å². The van der Waals surface area contributed by atoms with E-state index in [4.69, 9.17) is 5.73 Å². The van der Waals surface area contributed by atoms with Crippen LogP contribution in [0.25, 0.3) is 0 Å². The lowest BCUT2D eigenvalue weighted by molar-refractivity contribution is 0.714. The van der Waals surface area contributed by atoms with E-state index in [9.17, 15) is 0 Å². The van der Waals surface area contributed by atoms with Crippen LogP contribution in [0.15, 0.2) is 42.7 Å². The van der Waals surface area contributed by atoms with Crippen molar-refractivity contribution in [3.05, 3.63) is 53.9 Å². The van der Waals surface area contributed by atoms with Gasteiger partial charge in [-0.25, -0.2) is 9.97 Å². The summed E-state index contributed by atoms with van der Waals surface area (Å²) in [7, 11) is 0. The molecule has 0 radical (unpaired) electrons. The fourth-order valence-corrected chi connectivity index (χ4v) is 1.74. The van der Waals surface area contributed by atoms with E-state index in [2.05, 4.69) is 27.4 Å². The Morgan fingerprint density at radius 2 is 1.83 bits per heavy atom. The number of nitrogens with one attached hydrogen (secondary N) is 1. The highest BCUT2D eigenvalue weighted by molar-refractivity contribution is 5.28. The lowest BCUT2D eigenvalue weighted by Gasteiger charge is -2.16. The molecule has 1 aromatic heterocycles. The number of hydrogen-bond donors (Lipinski definition) is 2. The van der Waals surface area contributed by atoms with Crippen molar-refractivity contribution in [2.45, 2.75) is 19.4 Å². The third kappa shape index (κ3) is 3.53. The molecule has 0 fully saturated rings. The minimum atomic E-state index is 0.148. The maximum Gasteiger partial charge on any atom is 0.222 e. The fraction of sp³-hybridized carbons (Fsp3) is 0.286. The summed E-state index contributed by atoms with van der Waals surface area (Å²) in [5.74, 6) is 0.631. The number of nitrogens with zero attached hydrogens (tertiary/aromatic N) is 2. The number of hydrogen-bond acceptors (Lipinski definition) is 4. The van der Waals surface area contributed by atoms with Crippen LogP contribution in [0.5, 0.6) is 0 Å². The molecule has 0 amide bonds. The average molecular weight is 242 g/mol. The molecule has 0 aliphatic carbocycles. The quantitative estimate of drug-likeness (QED) is 0.838. The van der Waals surface area contributed by atoms with Crippen molar-refractivity contribution in [1.82, 2.24) is 9.97 Å². The Bertz CT molecular complexity index is 467. The summed E-state index contributed by atoms with van der Waals surface area (Å²) in [6.07, 6.45) is 4.46. The number of aromatic nitrogens is 2. The third-order valence-corrected chi connectivity index (χ3v) is 2.72. The van der Waals surface area contributed by atoms with Gasteiger partial charge in [0.1, 0.15) is 0 Å². The van der Waals surface area contributed by atoms with Gasteiger partial charge in [0.15, 0.2) is 0 Å². The average Bonchev–Trinajstić information content (AvgIpc) is 2.41. The molecule has 2 aromatic rings. The normalized spacial score (nSPS) is 12.1. The van der Waals surface area contributed by atoms with E-state index in [0.29, 0.717) is 12.5 Å². The van der Waals surface area contributed by atoms with E-state index in [1.807, 2.05) is 25.1 Å². The zero-order valence-electron chi connectivity index (χ0n) is 10.5. The third-order valence-electron chi connectivity index (χ3n) is 2.72. The molecule has 1 unspecified atom stereocenters. The van der Waals surface area contributed by atoms with Crippen LogP contribution >= 0.6 is 0 Å². The van der Waals surface area contributed by atoms with Crippen LogP contribution in [-0.2, 0) is 6.42 Å². The van der Waals surface area contributed by atoms with E-state index >= 15 is 0 Å². The number of rotatable bonds is 5. The van der Waals surface area contributed by atoms with Crippen LogP contribution in [0.2, 0.25) is 0 Å². The van der Waals surface area contributed by atoms with E-state index in [1.165, 1.54) is 5.56 Å². The number of aryl methyl sites for hydroxylation is 1. The molecule has 1 heterocycles. The Balaban J connectivity index is 1.99. The topological polar surface area (TPSA) is 63.8 Å². The summed E-state index contributed by atoms with van der Waals surface area (Å²) >= 11 is 0. The molecule has 0 saturated carbocycles. The zero-order valence-corrected chi connectivity index (χ0v) is 10.5. The van der Waals surface area contributed by atoms with Crippen LogP contribution < -0.4 is 11.1 Å². The van der Waals surface area contributed by atoms with Gasteiger partial charge in [0.05, 0.1) is 0 Å². The molecule has 0 saturated heterocycles. The second-order valence-corrected chi connectivity index (χ2v) is 4.35. The summed E-state index contributed by atoms with van der Waals surface area (Å²) in [6, 6.07) is 10.4. The van der Waals surface area contributed by atoms with Crippen LogP contribution in [-0.4, -0.2) is 22.6 Å². The van der Waals surface area contributed by atoms with Gasteiger partial charge in [-0.3, -0.25) is 0 Å². The summed E-state index contributed by atoms with van der Waals surface area (Å²) in [6.45, 7) is 2.51. The lowest BCUT2D eigenvalue weighted by Crippen LogP contribution is -2.31. The van der Waals surface area contributed by atoms with E-state index in [0.717, 1.165) is 12.0 Å². The smallest absolute Gasteiger partial charge is 0.222 e. The Labute approximate surface area is 107 Å². The number of anilines is 1. The van der Waals surface area contributed by atoms with Crippen LogP contribution in [0.4, 0.5) is 5.95 Å². The molecule has 0 bridgehead atoms. The van der Waals surface area contributed by atoms with Gasteiger partial charge in [0.25, 0.3) is 0 Å². The van der Waals surface area contributed by atoms with Crippen LogP contribution in [0.3, 0.4) is 0 Å². The van der Waals surface area contributed by atoms with Crippen molar-refractivity contribution < 1.29 is 0 Å². The largest absolute Gasteiger partial charge is 0.350 e. The molecule has 0 spiro atoms. The molecular weight excluding hydrogens is 224 g/mol. The van der Waals surface area contributed by atoms with Crippen molar-refractivity contribution in [1.29, 1.82) is 0 Å². The van der Waals surface area contributed by atoms with Crippen molar-refractivity contribution in [3.8, 4) is 0 Å². The van der Waals surface area contributed by atoms with Crippen molar-refractivity contribution >= 4 is 5.95 Å². The van der Waals surface area contributed by atoms with Gasteiger partial charge in [0.2, 0.25) is 5.95 Å². The first kappa shape index (κ1) is 12.5. The minimum Gasteiger partial charge on any atom is -0.350 e. The monoisotopic (exact) mass is 242 g/mol. The van der Waals surface area contributed by atoms with E-state index < -0.39 is 0 Å². The second kappa shape index (κ2) is 6.12. The Kier molecular flexibility index (Phi) is 4.25. The lowest BCUT2D eigenvalue weighted by atomic mass is 10.1. The minimum absolute atomic E-state index is 0.148. The van der Waals surface area contributed by atoms with Gasteiger partial charge in [-0.1, -0.05) is 30.3 Å². The van der Waals surface area contributed by atoms with Crippen molar-refractivity contribution in [2.24, 2.45) is 5.73 Å². The molecule has 4 heteroatoms. The van der Waals surface area contributed by atoms with Crippen LogP contribution in [0.1, 0.15) is 11.1 Å². The standard InChI is InChI=1S/C14H18N4/c1-11-9-16-14(17-10-11)18-13(8-15)7-12-5-3-2-4-6-12/h2-6,9-10,13H,7-8,15H2,1H3,(H,16,17,18). The highest BCUT2D eigenvalue weighted by atomic mass is 15.1. The summed E-state index contributed by atoms with van der Waals surface area (Å²) in [5, 5.41) is 3.26. The molecule has 18 heavy (non-hydrogen) atoms. The summed E-state index contributed by atoms with van der Waals surface area (Å²) < 4.78 is 0. The fourth-order valence-electron chi connectivity index (χ4n) is 1.74. The van der Waals surface area contributed by atoms with Crippen molar-refractivity contribution in [2.75, 3.05) is 11.9 Å². The van der Waals surface area contributed by atoms with Gasteiger partial charge in [-0.2, -0.15) is 0 Å². The first-order valence-corrected chi connectivity index (χ1v) is 6.07. The van der Waals surface area contributed by atoms with Gasteiger partial charge in [0, 0.05) is 25.0 Å². The first-order valence-electron chi connectivity index (χ1n) is 6.07. The number of nitrogens with two attached hydrogens (primary N) is 1. The predicted molar refractivity (Wildman–Crippen MR) is 73.4 cm³/mol. The molecule has 1 atom stereocenters. The number of benzene rings is 1. The molecular formula is C14H18N4. The van der Waals surface area contributed by atoms with Crippen LogP contribution in [0, 0.1) is 6.92 Å². The molecule has 3 N–H and O–H groups in total. The van der Waals surface area contributed by atoms with Gasteiger partial charge >= 0.3 is 0 Å². The Morgan fingerprint density at radius 1 is 1.17 bits per heavy atom. The summed E-state index contributed by atoms with van der Waals surface area (Å²) in [5.41, 5.74) is 8.09. The second-order valence-electron chi connectivity index (χ2n) is 4.35. The molecule has 94 valence electrons. The highest BCUT2D eigenvalue weighted by Crippen LogP contribution is 2.07. The van der Waals surface area contributed by atoms with Gasteiger partial charge in [-0.05, 0) is 24.5 Å². The Hall–Kier alpha value is -1.94. The first-order chi connectivity index (χ1) is 8.78. The SMILES string of the molecule is Cc1cnc(NC(CN)Cc2ccccc2)nc1. The molecule has 0 aliphatic rings. The molecule has 0 aliphatic heterocycles. The maximum absolute atomic E-state index is 5.78. The Morgan fingerprint density at radius 3 is 2.44 bits per heavy atom.